The van der Waals surface area contributed by atoms with Crippen LogP contribution in [0.5, 0.6) is 0 Å². The molecule has 0 bridgehead atoms. The fourth-order valence-corrected chi connectivity index (χ4v) is 3.39. The summed E-state index contributed by atoms with van der Waals surface area (Å²) < 4.78 is 0. The first-order chi connectivity index (χ1) is 8.95. The van der Waals surface area contributed by atoms with Crippen molar-refractivity contribution < 1.29 is 14.7 Å². The minimum Gasteiger partial charge on any atom is -0.481 e. The fourth-order valence-electron chi connectivity index (χ4n) is 3.39. The summed E-state index contributed by atoms with van der Waals surface area (Å²) in [6.07, 6.45) is 1.45. The van der Waals surface area contributed by atoms with Crippen molar-refractivity contribution in [1.82, 2.24) is 9.80 Å². The first-order valence-corrected chi connectivity index (χ1v) is 7.18. The number of nitrogens with zero attached hydrogens (tertiary/aromatic N) is 2. The summed E-state index contributed by atoms with van der Waals surface area (Å²) in [6.45, 7) is 8.64. The van der Waals surface area contributed by atoms with Crippen LogP contribution in [0.15, 0.2) is 0 Å². The minimum atomic E-state index is -0.851. The van der Waals surface area contributed by atoms with Gasteiger partial charge in [-0.05, 0) is 18.3 Å². The summed E-state index contributed by atoms with van der Waals surface area (Å²) in [6, 6.07) is 0. The molecule has 2 heterocycles. The summed E-state index contributed by atoms with van der Waals surface area (Å²) in [5, 5.41) is 8.95. The number of carboxylic acid groups (broad SMARTS) is 1. The third kappa shape index (κ3) is 3.69. The van der Waals surface area contributed by atoms with E-state index in [0.717, 1.165) is 19.6 Å². The van der Waals surface area contributed by atoms with Crippen LogP contribution >= 0.6 is 0 Å². The summed E-state index contributed by atoms with van der Waals surface area (Å²) in [4.78, 5) is 26.7. The van der Waals surface area contributed by atoms with Crippen LogP contribution in [0.3, 0.4) is 0 Å². The van der Waals surface area contributed by atoms with Gasteiger partial charge < -0.3 is 14.9 Å². The highest BCUT2D eigenvalue weighted by atomic mass is 16.4. The topological polar surface area (TPSA) is 60.9 Å². The molecule has 1 amide bonds. The van der Waals surface area contributed by atoms with Crippen molar-refractivity contribution in [1.29, 1.82) is 0 Å². The average Bonchev–Trinajstić information content (AvgIpc) is 2.67. The molecule has 0 aromatic heterocycles. The number of hydrogen-bond donors (Lipinski definition) is 1. The van der Waals surface area contributed by atoms with Crippen molar-refractivity contribution in [2.75, 3.05) is 32.7 Å². The van der Waals surface area contributed by atoms with Crippen LogP contribution in [0.4, 0.5) is 0 Å². The second-order valence-corrected chi connectivity index (χ2v) is 6.28. The van der Waals surface area contributed by atoms with Gasteiger partial charge >= 0.3 is 5.97 Å². The van der Waals surface area contributed by atoms with E-state index in [2.05, 4.69) is 18.7 Å². The van der Waals surface area contributed by atoms with Crippen LogP contribution in [0.1, 0.15) is 26.7 Å². The van der Waals surface area contributed by atoms with Gasteiger partial charge in [-0.15, -0.1) is 0 Å². The van der Waals surface area contributed by atoms with Crippen molar-refractivity contribution in [3.05, 3.63) is 0 Å². The van der Waals surface area contributed by atoms with Gasteiger partial charge in [0.15, 0.2) is 0 Å². The lowest BCUT2D eigenvalue weighted by Gasteiger charge is -2.35. The summed E-state index contributed by atoms with van der Waals surface area (Å²) in [5.74, 6) is 0.0582. The molecule has 0 aromatic carbocycles. The number of piperidine rings is 1. The predicted octanol–water partition coefficient (Wildman–Crippen LogP) is 0.897. The van der Waals surface area contributed by atoms with Crippen molar-refractivity contribution in [3.8, 4) is 0 Å². The maximum Gasteiger partial charge on any atom is 0.308 e. The van der Waals surface area contributed by atoms with E-state index in [1.54, 1.807) is 4.90 Å². The van der Waals surface area contributed by atoms with E-state index in [4.69, 9.17) is 5.11 Å². The molecular formula is C14H24N2O3. The Bertz CT molecular complexity index is 349. The van der Waals surface area contributed by atoms with Crippen LogP contribution in [0.2, 0.25) is 0 Å². The summed E-state index contributed by atoms with van der Waals surface area (Å²) in [7, 11) is 0. The number of aliphatic carboxylic acids is 1. The Balaban J connectivity index is 1.79. The molecule has 0 radical (unpaired) electrons. The second kappa shape index (κ2) is 5.90. The molecule has 5 nitrogen and oxygen atoms in total. The number of carbonyl (C=O) groups is 2. The first-order valence-electron chi connectivity index (χ1n) is 7.18. The van der Waals surface area contributed by atoms with Gasteiger partial charge in [-0.25, -0.2) is 0 Å². The molecule has 2 saturated heterocycles. The largest absolute Gasteiger partial charge is 0.481 e. The van der Waals surface area contributed by atoms with Crippen molar-refractivity contribution in [3.63, 3.8) is 0 Å². The van der Waals surface area contributed by atoms with Gasteiger partial charge in [0.1, 0.15) is 0 Å². The quantitative estimate of drug-likeness (QED) is 0.823. The molecule has 108 valence electrons. The first kappa shape index (κ1) is 14.3. The van der Waals surface area contributed by atoms with E-state index < -0.39 is 11.9 Å². The number of amides is 1. The maximum atomic E-state index is 11.7. The third-order valence-corrected chi connectivity index (χ3v) is 4.19. The number of carbonyl (C=O) groups excluding carboxylic acids is 1. The zero-order valence-corrected chi connectivity index (χ0v) is 11.8. The van der Waals surface area contributed by atoms with Crippen LogP contribution in [0.25, 0.3) is 0 Å². The van der Waals surface area contributed by atoms with Crippen molar-refractivity contribution in [2.45, 2.75) is 26.7 Å². The Morgan fingerprint density at radius 3 is 2.37 bits per heavy atom. The molecule has 0 saturated carbocycles. The van der Waals surface area contributed by atoms with Gasteiger partial charge in [-0.1, -0.05) is 13.8 Å². The van der Waals surface area contributed by atoms with Crippen molar-refractivity contribution in [2.24, 2.45) is 17.8 Å². The van der Waals surface area contributed by atoms with Gasteiger partial charge in [0.25, 0.3) is 0 Å². The van der Waals surface area contributed by atoms with Crippen LogP contribution < -0.4 is 0 Å². The van der Waals surface area contributed by atoms with E-state index in [0.29, 0.717) is 24.9 Å². The number of likely N-dealkylation sites (tertiary alicyclic amines) is 2. The molecular weight excluding hydrogens is 244 g/mol. The standard InChI is InChI=1S/C14H24N2O3/c1-10-5-11(2)8-15(7-10)3-4-16-9-12(14(18)19)6-13(16)17/h10-12H,3-9H2,1-2H3,(H,18,19). The molecule has 2 aliphatic rings. The van der Waals surface area contributed by atoms with E-state index in [1.165, 1.54) is 6.42 Å². The lowest BCUT2D eigenvalue weighted by atomic mass is 9.92. The lowest BCUT2D eigenvalue weighted by Crippen LogP contribution is -2.43. The van der Waals surface area contributed by atoms with E-state index in [9.17, 15) is 9.59 Å². The normalized spacial score (nSPS) is 32.8. The van der Waals surface area contributed by atoms with Gasteiger partial charge in [0.2, 0.25) is 5.91 Å². The average molecular weight is 268 g/mol. The maximum absolute atomic E-state index is 11.7. The summed E-state index contributed by atoms with van der Waals surface area (Å²) in [5.41, 5.74) is 0. The number of hydrogen-bond acceptors (Lipinski definition) is 3. The lowest BCUT2D eigenvalue weighted by molar-refractivity contribution is -0.141. The molecule has 1 N–H and O–H groups in total. The highest BCUT2D eigenvalue weighted by Gasteiger charge is 2.34. The van der Waals surface area contributed by atoms with Crippen LogP contribution in [-0.2, 0) is 9.59 Å². The minimum absolute atomic E-state index is 0.00879. The van der Waals surface area contributed by atoms with Gasteiger partial charge in [-0.2, -0.15) is 0 Å². The Morgan fingerprint density at radius 2 is 1.84 bits per heavy atom. The van der Waals surface area contributed by atoms with Crippen LogP contribution in [-0.4, -0.2) is 59.5 Å². The molecule has 3 atom stereocenters. The third-order valence-electron chi connectivity index (χ3n) is 4.19. The Hall–Kier alpha value is -1.10. The Morgan fingerprint density at radius 1 is 1.21 bits per heavy atom. The highest BCUT2D eigenvalue weighted by Crippen LogP contribution is 2.22. The zero-order valence-electron chi connectivity index (χ0n) is 11.8. The van der Waals surface area contributed by atoms with Crippen LogP contribution in [0, 0.1) is 17.8 Å². The molecule has 0 aromatic rings. The van der Waals surface area contributed by atoms with E-state index in [-0.39, 0.29) is 12.3 Å². The van der Waals surface area contributed by atoms with E-state index in [1.807, 2.05) is 0 Å². The Labute approximate surface area is 114 Å². The molecule has 0 spiro atoms. The number of carboxylic acids is 1. The molecule has 0 aliphatic carbocycles. The molecule has 2 fully saturated rings. The molecule has 2 rings (SSSR count). The zero-order chi connectivity index (χ0) is 14.0. The highest BCUT2D eigenvalue weighted by molar-refractivity contribution is 5.86. The van der Waals surface area contributed by atoms with Crippen molar-refractivity contribution >= 4 is 11.9 Å². The molecule has 3 unspecified atom stereocenters. The van der Waals surface area contributed by atoms with Gasteiger partial charge in [0, 0.05) is 39.1 Å². The molecule has 5 heteroatoms. The summed E-state index contributed by atoms with van der Waals surface area (Å²) >= 11 is 0. The second-order valence-electron chi connectivity index (χ2n) is 6.28. The predicted molar refractivity (Wildman–Crippen MR) is 71.7 cm³/mol. The van der Waals surface area contributed by atoms with Gasteiger partial charge in [0.05, 0.1) is 5.92 Å². The molecule has 2 aliphatic heterocycles. The molecule has 19 heavy (non-hydrogen) atoms. The smallest absolute Gasteiger partial charge is 0.308 e. The monoisotopic (exact) mass is 268 g/mol. The Kier molecular flexibility index (Phi) is 4.45. The SMILES string of the molecule is CC1CC(C)CN(CCN2CC(C(=O)O)CC2=O)C1. The van der Waals surface area contributed by atoms with E-state index >= 15 is 0 Å². The van der Waals surface area contributed by atoms with Gasteiger partial charge in [-0.3, -0.25) is 9.59 Å². The fraction of sp³-hybridized carbons (Fsp3) is 0.857. The number of rotatable bonds is 4.